The summed E-state index contributed by atoms with van der Waals surface area (Å²) in [5, 5.41) is 4.36. The summed E-state index contributed by atoms with van der Waals surface area (Å²) in [5.74, 6) is 1.05. The molecule has 4 heteroatoms. The second-order valence-electron chi connectivity index (χ2n) is 4.94. The van der Waals surface area contributed by atoms with Crippen LogP contribution < -0.4 is 5.32 Å². The van der Waals surface area contributed by atoms with Crippen LogP contribution in [-0.4, -0.2) is 21.6 Å². The normalized spacial score (nSPS) is 11.1. The van der Waals surface area contributed by atoms with E-state index in [1.165, 1.54) is 10.9 Å². The Bertz CT molecular complexity index is 730. The first-order valence-corrected chi connectivity index (χ1v) is 6.78. The Morgan fingerprint density at radius 3 is 2.95 bits per heavy atom. The molecule has 0 aliphatic rings. The number of benzene rings is 1. The van der Waals surface area contributed by atoms with Gasteiger partial charge in [0.1, 0.15) is 5.82 Å². The molecule has 20 heavy (non-hydrogen) atoms. The predicted molar refractivity (Wildman–Crippen MR) is 80.6 cm³/mol. The zero-order valence-electron chi connectivity index (χ0n) is 11.8. The van der Waals surface area contributed by atoms with E-state index in [-0.39, 0.29) is 0 Å². The van der Waals surface area contributed by atoms with E-state index in [4.69, 9.17) is 0 Å². The number of para-hydroxylation sites is 1. The van der Waals surface area contributed by atoms with E-state index in [2.05, 4.69) is 44.1 Å². The minimum atomic E-state index is 0.773. The lowest BCUT2D eigenvalue weighted by atomic mass is 10.1. The minimum absolute atomic E-state index is 0.773. The van der Waals surface area contributed by atoms with Gasteiger partial charge in [-0.2, -0.15) is 0 Å². The fraction of sp³-hybridized carbons (Fsp3) is 0.250. The van der Waals surface area contributed by atoms with Gasteiger partial charge in [-0.15, -0.1) is 0 Å². The molecule has 0 atom stereocenters. The molecule has 0 spiro atoms. The third kappa shape index (κ3) is 2.42. The lowest BCUT2D eigenvalue weighted by Crippen LogP contribution is -2.13. The van der Waals surface area contributed by atoms with Crippen LogP contribution in [-0.2, 0) is 13.1 Å². The first-order chi connectivity index (χ1) is 9.78. The summed E-state index contributed by atoms with van der Waals surface area (Å²) >= 11 is 0. The van der Waals surface area contributed by atoms with Crippen molar-refractivity contribution in [3.8, 4) is 0 Å². The van der Waals surface area contributed by atoms with Crippen molar-refractivity contribution >= 4 is 10.9 Å². The highest BCUT2D eigenvalue weighted by Crippen LogP contribution is 2.19. The van der Waals surface area contributed by atoms with E-state index in [0.29, 0.717) is 0 Å². The van der Waals surface area contributed by atoms with Crippen molar-refractivity contribution in [1.82, 2.24) is 19.9 Å². The molecule has 0 bridgehead atoms. The Morgan fingerprint density at radius 2 is 2.10 bits per heavy atom. The van der Waals surface area contributed by atoms with Crippen molar-refractivity contribution in [2.24, 2.45) is 0 Å². The number of nitrogens with one attached hydrogen (secondary N) is 1. The van der Waals surface area contributed by atoms with Crippen LogP contribution in [0.2, 0.25) is 0 Å². The summed E-state index contributed by atoms with van der Waals surface area (Å²) in [4.78, 5) is 8.98. The number of imidazole rings is 1. The summed E-state index contributed by atoms with van der Waals surface area (Å²) < 4.78 is 2.18. The predicted octanol–water partition coefficient (Wildman–Crippen LogP) is 2.51. The van der Waals surface area contributed by atoms with Gasteiger partial charge in [-0.1, -0.05) is 18.2 Å². The maximum atomic E-state index is 4.59. The van der Waals surface area contributed by atoms with Crippen LogP contribution in [0.4, 0.5) is 0 Å². The van der Waals surface area contributed by atoms with Crippen molar-refractivity contribution in [2.45, 2.75) is 20.0 Å². The van der Waals surface area contributed by atoms with Crippen LogP contribution in [0.1, 0.15) is 17.1 Å². The molecule has 0 radical (unpaired) electrons. The average molecular weight is 266 g/mol. The molecule has 4 nitrogen and oxygen atoms in total. The van der Waals surface area contributed by atoms with Crippen LogP contribution in [0.5, 0.6) is 0 Å². The first kappa shape index (κ1) is 12.8. The molecule has 0 unspecified atom stereocenters. The zero-order valence-corrected chi connectivity index (χ0v) is 11.8. The highest BCUT2D eigenvalue weighted by Gasteiger charge is 2.07. The molecule has 2 aromatic heterocycles. The summed E-state index contributed by atoms with van der Waals surface area (Å²) in [6, 6.07) is 10.4. The van der Waals surface area contributed by atoms with Crippen LogP contribution in [0.15, 0.2) is 42.7 Å². The molecule has 0 saturated carbocycles. The maximum absolute atomic E-state index is 4.59. The van der Waals surface area contributed by atoms with E-state index >= 15 is 0 Å². The quantitative estimate of drug-likeness (QED) is 0.789. The first-order valence-electron chi connectivity index (χ1n) is 6.78. The Hall–Kier alpha value is -2.20. The van der Waals surface area contributed by atoms with Gasteiger partial charge in [-0.3, -0.25) is 4.98 Å². The van der Waals surface area contributed by atoms with E-state index in [1.54, 1.807) is 0 Å². The molecule has 3 aromatic rings. The van der Waals surface area contributed by atoms with Crippen molar-refractivity contribution in [3.63, 3.8) is 0 Å². The lowest BCUT2D eigenvalue weighted by molar-refractivity contribution is 0.674. The van der Waals surface area contributed by atoms with Gasteiger partial charge in [-0.25, -0.2) is 4.98 Å². The fourth-order valence-corrected chi connectivity index (χ4v) is 2.52. The van der Waals surface area contributed by atoms with Gasteiger partial charge < -0.3 is 9.88 Å². The molecule has 0 aliphatic carbocycles. The van der Waals surface area contributed by atoms with Gasteiger partial charge in [0.2, 0.25) is 0 Å². The standard InChI is InChI=1S/C16H18N4/c1-12-9-13(14-5-3-4-6-15(14)19-12)11-20-8-7-18-16(20)10-17-2/h3-9,17H,10-11H2,1-2H3. The molecular formula is C16H18N4. The third-order valence-corrected chi connectivity index (χ3v) is 3.41. The van der Waals surface area contributed by atoms with E-state index in [9.17, 15) is 0 Å². The minimum Gasteiger partial charge on any atom is -0.329 e. The second kappa shape index (κ2) is 5.43. The van der Waals surface area contributed by atoms with Crippen molar-refractivity contribution in [2.75, 3.05) is 7.05 Å². The SMILES string of the molecule is CNCc1nccn1Cc1cc(C)nc2ccccc12. The molecule has 1 aromatic carbocycles. The molecule has 1 N–H and O–H groups in total. The van der Waals surface area contributed by atoms with Crippen LogP contribution in [0.25, 0.3) is 10.9 Å². The van der Waals surface area contributed by atoms with Gasteiger partial charge in [0.15, 0.2) is 0 Å². The third-order valence-electron chi connectivity index (χ3n) is 3.41. The number of aromatic nitrogens is 3. The largest absolute Gasteiger partial charge is 0.329 e. The van der Waals surface area contributed by atoms with Crippen LogP contribution in [0, 0.1) is 6.92 Å². The molecule has 0 aliphatic heterocycles. The van der Waals surface area contributed by atoms with Crippen LogP contribution in [0.3, 0.4) is 0 Å². The molecule has 0 amide bonds. The average Bonchev–Trinajstić information content (AvgIpc) is 2.86. The number of aryl methyl sites for hydroxylation is 1. The number of rotatable bonds is 4. The Kier molecular flexibility index (Phi) is 3.48. The highest BCUT2D eigenvalue weighted by atomic mass is 15.1. The Balaban J connectivity index is 2.04. The van der Waals surface area contributed by atoms with E-state index < -0.39 is 0 Å². The Morgan fingerprint density at radius 1 is 1.25 bits per heavy atom. The van der Waals surface area contributed by atoms with Gasteiger partial charge in [0.25, 0.3) is 0 Å². The van der Waals surface area contributed by atoms with Gasteiger partial charge >= 0.3 is 0 Å². The Labute approximate surface area is 118 Å². The maximum Gasteiger partial charge on any atom is 0.122 e. The van der Waals surface area contributed by atoms with E-state index in [1.807, 2.05) is 32.4 Å². The molecule has 0 saturated heterocycles. The van der Waals surface area contributed by atoms with Gasteiger partial charge in [0, 0.05) is 30.0 Å². The lowest BCUT2D eigenvalue weighted by Gasteiger charge is -2.11. The molecule has 3 rings (SSSR count). The number of fused-ring (bicyclic) bond motifs is 1. The zero-order chi connectivity index (χ0) is 13.9. The fourth-order valence-electron chi connectivity index (χ4n) is 2.52. The monoisotopic (exact) mass is 266 g/mol. The summed E-state index contributed by atoms with van der Waals surface area (Å²) in [5.41, 5.74) is 3.38. The van der Waals surface area contributed by atoms with Crippen molar-refractivity contribution in [1.29, 1.82) is 0 Å². The summed E-state index contributed by atoms with van der Waals surface area (Å²) in [7, 11) is 1.94. The molecule has 102 valence electrons. The summed E-state index contributed by atoms with van der Waals surface area (Å²) in [6.45, 7) is 3.63. The van der Waals surface area contributed by atoms with E-state index in [0.717, 1.165) is 30.1 Å². The van der Waals surface area contributed by atoms with Crippen molar-refractivity contribution in [3.05, 3.63) is 59.8 Å². The summed E-state index contributed by atoms with van der Waals surface area (Å²) in [6.07, 6.45) is 3.88. The second-order valence-corrected chi connectivity index (χ2v) is 4.94. The smallest absolute Gasteiger partial charge is 0.122 e. The van der Waals surface area contributed by atoms with Crippen molar-refractivity contribution < 1.29 is 0 Å². The van der Waals surface area contributed by atoms with Crippen LogP contribution >= 0.6 is 0 Å². The highest BCUT2D eigenvalue weighted by molar-refractivity contribution is 5.82. The number of nitrogens with zero attached hydrogens (tertiary/aromatic N) is 3. The molecular weight excluding hydrogens is 248 g/mol. The number of hydrogen-bond acceptors (Lipinski definition) is 3. The number of pyridine rings is 1. The number of hydrogen-bond donors (Lipinski definition) is 1. The van der Waals surface area contributed by atoms with Gasteiger partial charge in [0.05, 0.1) is 12.1 Å². The van der Waals surface area contributed by atoms with Gasteiger partial charge in [-0.05, 0) is 31.7 Å². The molecule has 2 heterocycles. The topological polar surface area (TPSA) is 42.7 Å². The molecule has 0 fully saturated rings.